The second kappa shape index (κ2) is 7.31. The second-order valence-electron chi connectivity index (χ2n) is 6.86. The molecule has 1 aliphatic rings. The Hall–Kier alpha value is -3.08. The van der Waals surface area contributed by atoms with Crippen molar-refractivity contribution in [2.75, 3.05) is 18.4 Å². The van der Waals surface area contributed by atoms with Gasteiger partial charge in [-0.25, -0.2) is 14.2 Å². The zero-order valence-corrected chi connectivity index (χ0v) is 16.0. The minimum absolute atomic E-state index is 0.00778. The Labute approximate surface area is 172 Å². The number of nitrogens with zero attached hydrogens (tertiary/aromatic N) is 4. The van der Waals surface area contributed by atoms with Crippen LogP contribution in [0.3, 0.4) is 0 Å². The van der Waals surface area contributed by atoms with Gasteiger partial charge in [0.15, 0.2) is 16.5 Å². The number of nitrogens with two attached hydrogens (primary N) is 1. The maximum absolute atomic E-state index is 13.2. The number of amides is 2. The highest BCUT2D eigenvalue weighted by Crippen LogP contribution is 2.35. The van der Waals surface area contributed by atoms with Crippen LogP contribution in [0.2, 0.25) is 5.15 Å². The average molecular weight is 443 g/mol. The first kappa shape index (κ1) is 20.2. The molecule has 30 heavy (non-hydrogen) atoms. The topological polar surface area (TPSA) is 88.5 Å². The molecule has 0 spiro atoms. The maximum atomic E-state index is 13.2. The molecule has 0 radical (unpaired) electrons. The molecule has 1 saturated heterocycles. The van der Waals surface area contributed by atoms with Crippen molar-refractivity contribution in [2.24, 2.45) is 5.73 Å². The Morgan fingerprint density at radius 3 is 2.60 bits per heavy atom. The van der Waals surface area contributed by atoms with Crippen LogP contribution < -0.4 is 11.1 Å². The van der Waals surface area contributed by atoms with Gasteiger partial charge in [-0.05, 0) is 17.7 Å². The summed E-state index contributed by atoms with van der Waals surface area (Å²) in [6.07, 6.45) is -4.67. The number of rotatable bonds is 4. The predicted octanol–water partition coefficient (Wildman–Crippen LogP) is 3.50. The van der Waals surface area contributed by atoms with E-state index in [4.69, 9.17) is 17.3 Å². The van der Waals surface area contributed by atoms with E-state index in [1.54, 1.807) is 12.1 Å². The van der Waals surface area contributed by atoms with Crippen LogP contribution in [0.15, 0.2) is 36.4 Å². The van der Waals surface area contributed by atoms with Crippen molar-refractivity contribution < 1.29 is 22.4 Å². The summed E-state index contributed by atoms with van der Waals surface area (Å²) in [4.78, 5) is 16.6. The number of urea groups is 1. The molecule has 2 unspecified atom stereocenters. The molecule has 4 rings (SSSR count). The molecule has 1 aliphatic heterocycles. The Balaban J connectivity index is 1.62. The van der Waals surface area contributed by atoms with E-state index in [0.29, 0.717) is 6.54 Å². The van der Waals surface area contributed by atoms with E-state index in [1.165, 1.54) is 23.1 Å². The fourth-order valence-corrected chi connectivity index (χ4v) is 3.69. The highest BCUT2D eigenvalue weighted by atomic mass is 35.5. The largest absolute Gasteiger partial charge is 0.433 e. The minimum atomic E-state index is -4.67. The first-order valence-corrected chi connectivity index (χ1v) is 9.20. The molecule has 12 heteroatoms. The van der Waals surface area contributed by atoms with Gasteiger partial charge in [-0.15, -0.1) is 0 Å². The van der Waals surface area contributed by atoms with Crippen molar-refractivity contribution >= 4 is 29.1 Å². The van der Waals surface area contributed by atoms with Gasteiger partial charge in [0, 0.05) is 31.1 Å². The van der Waals surface area contributed by atoms with Crippen LogP contribution in [0, 0.1) is 5.82 Å². The van der Waals surface area contributed by atoms with E-state index in [9.17, 15) is 22.4 Å². The molecule has 158 valence electrons. The summed E-state index contributed by atoms with van der Waals surface area (Å²) < 4.78 is 54.0. The van der Waals surface area contributed by atoms with Crippen LogP contribution in [0.25, 0.3) is 5.65 Å². The number of halogens is 5. The van der Waals surface area contributed by atoms with Gasteiger partial charge in [0.05, 0.1) is 6.04 Å². The lowest BCUT2D eigenvalue weighted by Crippen LogP contribution is -2.61. The number of carbonyl (C=O) groups is 1. The number of benzene rings is 1. The fourth-order valence-electron chi connectivity index (χ4n) is 3.52. The summed E-state index contributed by atoms with van der Waals surface area (Å²) in [5, 5.41) is 6.81. The molecule has 1 fully saturated rings. The van der Waals surface area contributed by atoms with Crippen LogP contribution in [-0.4, -0.2) is 44.7 Å². The number of likely N-dealkylation sites (tertiary alicyclic amines) is 1. The molecule has 3 heterocycles. The van der Waals surface area contributed by atoms with E-state index in [0.717, 1.165) is 16.1 Å². The van der Waals surface area contributed by atoms with E-state index in [-0.39, 0.29) is 29.1 Å². The number of aromatic nitrogens is 3. The monoisotopic (exact) mass is 442 g/mol. The van der Waals surface area contributed by atoms with Gasteiger partial charge in [0.2, 0.25) is 0 Å². The van der Waals surface area contributed by atoms with Crippen LogP contribution in [0.4, 0.5) is 28.2 Å². The van der Waals surface area contributed by atoms with Crippen LogP contribution in [0.5, 0.6) is 0 Å². The third kappa shape index (κ3) is 3.72. The Bertz CT molecular complexity index is 1100. The zero-order valence-electron chi connectivity index (χ0n) is 15.2. The maximum Gasteiger partial charge on any atom is 0.433 e. The van der Waals surface area contributed by atoms with Crippen molar-refractivity contribution in [3.05, 3.63) is 58.6 Å². The molecule has 3 N–H and O–H groups in total. The van der Waals surface area contributed by atoms with Crippen molar-refractivity contribution in [2.45, 2.75) is 18.1 Å². The lowest BCUT2D eigenvalue weighted by molar-refractivity contribution is -0.141. The lowest BCUT2D eigenvalue weighted by atomic mass is 9.82. The third-order valence-electron chi connectivity index (χ3n) is 5.02. The molecule has 0 bridgehead atoms. The van der Waals surface area contributed by atoms with Crippen molar-refractivity contribution in [3.63, 3.8) is 0 Å². The fraction of sp³-hybridized carbons (Fsp3) is 0.278. The number of hydrogen-bond acceptors (Lipinski definition) is 4. The first-order valence-electron chi connectivity index (χ1n) is 8.82. The standard InChI is InChI=1S/C18H15ClF4N6O/c19-14-6-16-26-13(18(21,22)23)5-15(29(16)27-14)25-7-12-11(8-28(12)17(24)30)9-1-3-10(20)4-2-9/h1-6,11-12,25H,7-8H2,(H2,24,30). The van der Waals surface area contributed by atoms with Crippen molar-refractivity contribution in [1.29, 1.82) is 0 Å². The summed E-state index contributed by atoms with van der Waals surface area (Å²) in [7, 11) is 0. The second-order valence-corrected chi connectivity index (χ2v) is 7.25. The molecular weight excluding hydrogens is 428 g/mol. The van der Waals surface area contributed by atoms with Gasteiger partial charge in [-0.2, -0.15) is 22.8 Å². The van der Waals surface area contributed by atoms with Gasteiger partial charge < -0.3 is 16.0 Å². The molecule has 2 aromatic heterocycles. The quantitative estimate of drug-likeness (QED) is 0.605. The smallest absolute Gasteiger partial charge is 0.368 e. The molecule has 2 atom stereocenters. The van der Waals surface area contributed by atoms with E-state index in [1.807, 2.05) is 0 Å². The molecule has 0 aliphatic carbocycles. The molecule has 3 aromatic rings. The summed E-state index contributed by atoms with van der Waals surface area (Å²) in [5.74, 6) is -0.548. The predicted molar refractivity (Wildman–Crippen MR) is 101 cm³/mol. The third-order valence-corrected chi connectivity index (χ3v) is 5.20. The zero-order chi connectivity index (χ0) is 21.6. The average Bonchev–Trinajstić information content (AvgIpc) is 3.02. The van der Waals surface area contributed by atoms with E-state index >= 15 is 0 Å². The number of nitrogens with one attached hydrogen (secondary N) is 1. The number of anilines is 1. The van der Waals surface area contributed by atoms with E-state index in [2.05, 4.69) is 15.4 Å². The highest BCUT2D eigenvalue weighted by Gasteiger charge is 2.42. The summed E-state index contributed by atoms with van der Waals surface area (Å²) >= 11 is 5.82. The Kier molecular flexibility index (Phi) is 4.92. The molecule has 2 amide bonds. The van der Waals surface area contributed by atoms with Crippen molar-refractivity contribution in [1.82, 2.24) is 19.5 Å². The number of fused-ring (bicyclic) bond motifs is 1. The number of alkyl halides is 3. The Morgan fingerprint density at radius 2 is 1.97 bits per heavy atom. The SMILES string of the molecule is NC(=O)N1CC(c2ccc(F)cc2)C1CNc1cc(C(F)(F)F)nc2cc(Cl)nn12. The van der Waals surface area contributed by atoms with E-state index < -0.39 is 29.8 Å². The molecule has 7 nitrogen and oxygen atoms in total. The van der Waals surface area contributed by atoms with Gasteiger partial charge >= 0.3 is 12.2 Å². The van der Waals surface area contributed by atoms with Gasteiger partial charge in [0.1, 0.15) is 11.6 Å². The van der Waals surface area contributed by atoms with Gasteiger partial charge in [-0.3, -0.25) is 0 Å². The van der Waals surface area contributed by atoms with Crippen LogP contribution in [-0.2, 0) is 6.18 Å². The molecular formula is C18H15ClF4N6O. The number of carbonyl (C=O) groups excluding carboxylic acids is 1. The van der Waals surface area contributed by atoms with Crippen LogP contribution in [0.1, 0.15) is 17.2 Å². The Morgan fingerprint density at radius 1 is 1.27 bits per heavy atom. The van der Waals surface area contributed by atoms with Crippen molar-refractivity contribution in [3.8, 4) is 0 Å². The first-order chi connectivity index (χ1) is 14.1. The summed E-state index contributed by atoms with van der Waals surface area (Å²) in [6, 6.07) is 6.74. The number of primary amides is 1. The molecule has 1 aromatic carbocycles. The normalized spacial score (nSPS) is 19.0. The highest BCUT2D eigenvalue weighted by molar-refractivity contribution is 6.29. The molecule has 0 saturated carbocycles. The number of hydrogen-bond donors (Lipinski definition) is 2. The van der Waals surface area contributed by atoms with Gasteiger partial charge in [0.25, 0.3) is 0 Å². The summed E-state index contributed by atoms with van der Waals surface area (Å²) in [5.41, 5.74) is 5.01. The lowest BCUT2D eigenvalue weighted by Gasteiger charge is -2.47. The van der Waals surface area contributed by atoms with Crippen LogP contribution >= 0.6 is 11.6 Å². The summed E-state index contributed by atoms with van der Waals surface area (Å²) in [6.45, 7) is 0.402. The minimum Gasteiger partial charge on any atom is -0.368 e. The van der Waals surface area contributed by atoms with Gasteiger partial charge in [-0.1, -0.05) is 23.7 Å².